The molecule has 0 amide bonds. The Bertz CT molecular complexity index is 2770. The molecule has 0 aliphatic rings. The summed E-state index contributed by atoms with van der Waals surface area (Å²) in [5.74, 6) is 0.590. The van der Waals surface area contributed by atoms with Crippen molar-refractivity contribution in [1.82, 2.24) is 14.5 Å². The van der Waals surface area contributed by atoms with Crippen LogP contribution in [0, 0.1) is 0 Å². The fraction of sp³-hybridized carbons (Fsp3) is 0. The molecule has 6 aromatic carbocycles. The van der Waals surface area contributed by atoms with E-state index < -0.39 is 0 Å². The fourth-order valence-electron chi connectivity index (χ4n) is 6.89. The number of benzene rings is 6. The van der Waals surface area contributed by atoms with Crippen LogP contribution in [0.1, 0.15) is 0 Å². The first-order valence-electron chi connectivity index (χ1n) is 15.0. The number of aromatic nitrogens is 3. The molecule has 210 valence electrons. The quantitative estimate of drug-likeness (QED) is 0.205. The van der Waals surface area contributed by atoms with Gasteiger partial charge in [-0.3, -0.25) is 4.57 Å². The van der Waals surface area contributed by atoms with E-state index in [1.165, 1.54) is 30.9 Å². The van der Waals surface area contributed by atoms with Gasteiger partial charge in [0.05, 0.1) is 22.1 Å². The monoisotopic (exact) mass is 593 g/mol. The third-order valence-electron chi connectivity index (χ3n) is 8.85. The number of rotatable bonds is 3. The van der Waals surface area contributed by atoms with Crippen molar-refractivity contribution < 1.29 is 4.42 Å². The summed E-state index contributed by atoms with van der Waals surface area (Å²) in [5.41, 5.74) is 7.69. The van der Waals surface area contributed by atoms with Crippen LogP contribution in [0.25, 0.3) is 92.4 Å². The first kappa shape index (κ1) is 24.6. The molecule has 0 aliphatic heterocycles. The average Bonchev–Trinajstić information content (AvgIpc) is 3.77. The maximum Gasteiger partial charge on any atom is 0.238 e. The molecular formula is C40H23N3OS. The van der Waals surface area contributed by atoms with Crippen LogP contribution in [-0.4, -0.2) is 14.5 Å². The summed E-state index contributed by atoms with van der Waals surface area (Å²) in [7, 11) is 0. The maximum absolute atomic E-state index is 6.45. The topological polar surface area (TPSA) is 43.9 Å². The van der Waals surface area contributed by atoms with Crippen LogP contribution in [0.4, 0.5) is 0 Å². The van der Waals surface area contributed by atoms with Crippen molar-refractivity contribution in [2.24, 2.45) is 0 Å². The van der Waals surface area contributed by atoms with Gasteiger partial charge in [0.2, 0.25) is 11.7 Å². The summed E-state index contributed by atoms with van der Waals surface area (Å²) in [6.45, 7) is 0. The molecule has 0 unspecified atom stereocenters. The van der Waals surface area contributed by atoms with Crippen molar-refractivity contribution in [2.75, 3.05) is 0 Å². The van der Waals surface area contributed by atoms with Crippen LogP contribution in [-0.2, 0) is 0 Å². The van der Waals surface area contributed by atoms with Crippen molar-refractivity contribution in [2.45, 2.75) is 0 Å². The molecular weight excluding hydrogens is 571 g/mol. The van der Waals surface area contributed by atoms with Crippen LogP contribution in [0.2, 0.25) is 0 Å². The SMILES string of the molecule is c1ccc(-c2cccc(-c3nc(-n4c5ccccc5c5c6c(ccc54)sc4ccccc46)nc4oc5ccccc5c34)c2)cc1. The first-order valence-corrected chi connectivity index (χ1v) is 15.8. The number of para-hydroxylation sites is 2. The average molecular weight is 594 g/mol. The number of fused-ring (bicyclic) bond motifs is 10. The van der Waals surface area contributed by atoms with E-state index in [2.05, 4.69) is 120 Å². The van der Waals surface area contributed by atoms with Crippen LogP contribution in [0.3, 0.4) is 0 Å². The molecule has 0 bridgehead atoms. The molecule has 4 nitrogen and oxygen atoms in total. The van der Waals surface area contributed by atoms with Crippen LogP contribution in [0.5, 0.6) is 0 Å². The Labute approximate surface area is 261 Å². The van der Waals surface area contributed by atoms with Crippen molar-refractivity contribution in [1.29, 1.82) is 0 Å². The van der Waals surface area contributed by atoms with E-state index in [4.69, 9.17) is 14.4 Å². The molecule has 10 rings (SSSR count). The minimum absolute atomic E-state index is 0.578. The standard InChI is InChI=1S/C40H23N3OS/c1-2-11-24(12-3-1)25-13-10-14-26(23-25)38-37-28-16-5-8-19-32(28)44-39(37)42-40(41-38)43-30-18-7-4-15-27(30)35-31(43)21-22-34-36(35)29-17-6-9-20-33(29)45-34/h1-23H. The summed E-state index contributed by atoms with van der Waals surface area (Å²) in [4.78, 5) is 10.5. The lowest BCUT2D eigenvalue weighted by molar-refractivity contribution is 0.651. The molecule has 0 fully saturated rings. The summed E-state index contributed by atoms with van der Waals surface area (Å²) in [6, 6.07) is 48.9. The Kier molecular flexibility index (Phi) is 5.12. The number of hydrogen-bond acceptors (Lipinski definition) is 4. The van der Waals surface area contributed by atoms with Gasteiger partial charge in [-0.2, -0.15) is 4.98 Å². The van der Waals surface area contributed by atoms with Gasteiger partial charge in [0, 0.05) is 41.9 Å². The Hall–Kier alpha value is -5.78. The van der Waals surface area contributed by atoms with Gasteiger partial charge in [-0.25, -0.2) is 4.98 Å². The highest BCUT2D eigenvalue weighted by atomic mass is 32.1. The van der Waals surface area contributed by atoms with Gasteiger partial charge in [0.25, 0.3) is 0 Å². The zero-order chi connectivity index (χ0) is 29.5. The summed E-state index contributed by atoms with van der Waals surface area (Å²) in [5, 5.41) is 6.89. The Morgan fingerprint density at radius 1 is 0.489 bits per heavy atom. The third kappa shape index (κ3) is 3.59. The number of thiophene rings is 1. The largest absolute Gasteiger partial charge is 0.437 e. The highest BCUT2D eigenvalue weighted by molar-refractivity contribution is 7.26. The van der Waals surface area contributed by atoms with E-state index >= 15 is 0 Å². The summed E-state index contributed by atoms with van der Waals surface area (Å²) >= 11 is 1.84. The highest BCUT2D eigenvalue weighted by Gasteiger charge is 2.22. The van der Waals surface area contributed by atoms with Gasteiger partial charge in [-0.15, -0.1) is 11.3 Å². The van der Waals surface area contributed by atoms with E-state index in [9.17, 15) is 0 Å². The van der Waals surface area contributed by atoms with Gasteiger partial charge in [0.1, 0.15) is 5.58 Å². The van der Waals surface area contributed by atoms with Crippen LogP contribution in [0.15, 0.2) is 144 Å². The molecule has 0 atom stereocenters. The van der Waals surface area contributed by atoms with Crippen LogP contribution < -0.4 is 0 Å². The van der Waals surface area contributed by atoms with Crippen molar-refractivity contribution in [3.05, 3.63) is 140 Å². The van der Waals surface area contributed by atoms with Crippen molar-refractivity contribution in [3.63, 3.8) is 0 Å². The number of furan rings is 1. The van der Waals surface area contributed by atoms with E-state index in [-0.39, 0.29) is 0 Å². The molecule has 0 saturated heterocycles. The van der Waals surface area contributed by atoms with Crippen molar-refractivity contribution in [3.8, 4) is 28.3 Å². The molecule has 0 N–H and O–H groups in total. The maximum atomic E-state index is 6.45. The fourth-order valence-corrected chi connectivity index (χ4v) is 8.00. The second kappa shape index (κ2) is 9.36. The molecule has 45 heavy (non-hydrogen) atoms. The summed E-state index contributed by atoms with van der Waals surface area (Å²) in [6.07, 6.45) is 0. The predicted octanol–water partition coefficient (Wildman–Crippen LogP) is 11.2. The Balaban J connectivity index is 1.32. The van der Waals surface area contributed by atoms with Crippen LogP contribution >= 0.6 is 11.3 Å². The molecule has 0 radical (unpaired) electrons. The lowest BCUT2D eigenvalue weighted by Gasteiger charge is -2.11. The van der Waals surface area contributed by atoms with E-state index in [0.717, 1.165) is 49.8 Å². The smallest absolute Gasteiger partial charge is 0.238 e. The molecule has 0 spiro atoms. The molecule has 4 aromatic heterocycles. The van der Waals surface area contributed by atoms with E-state index in [0.29, 0.717) is 11.7 Å². The lowest BCUT2D eigenvalue weighted by Crippen LogP contribution is -2.02. The Morgan fingerprint density at radius 2 is 1.22 bits per heavy atom. The molecule has 4 heterocycles. The molecule has 5 heteroatoms. The number of hydrogen-bond donors (Lipinski definition) is 0. The third-order valence-corrected chi connectivity index (χ3v) is 9.98. The second-order valence-electron chi connectivity index (χ2n) is 11.4. The molecule has 10 aromatic rings. The normalized spacial score (nSPS) is 12.0. The van der Waals surface area contributed by atoms with Gasteiger partial charge in [-0.05, 0) is 47.5 Å². The van der Waals surface area contributed by atoms with Gasteiger partial charge >= 0.3 is 0 Å². The minimum atomic E-state index is 0.578. The first-order chi connectivity index (χ1) is 22.3. The highest BCUT2D eigenvalue weighted by Crippen LogP contribution is 2.44. The zero-order valence-electron chi connectivity index (χ0n) is 23.9. The van der Waals surface area contributed by atoms with Crippen molar-refractivity contribution >= 4 is 75.4 Å². The van der Waals surface area contributed by atoms with Gasteiger partial charge in [-0.1, -0.05) is 103 Å². The van der Waals surface area contributed by atoms with E-state index in [1.54, 1.807) is 0 Å². The van der Waals surface area contributed by atoms with E-state index in [1.807, 2.05) is 35.6 Å². The summed E-state index contributed by atoms with van der Waals surface area (Å²) < 4.78 is 11.2. The zero-order valence-corrected chi connectivity index (χ0v) is 24.8. The predicted molar refractivity (Wildman–Crippen MR) is 187 cm³/mol. The Morgan fingerprint density at radius 3 is 2.13 bits per heavy atom. The number of nitrogens with zero attached hydrogens (tertiary/aromatic N) is 3. The second-order valence-corrected chi connectivity index (χ2v) is 12.5. The molecule has 0 aliphatic carbocycles. The molecule has 0 saturated carbocycles. The van der Waals surface area contributed by atoms with Gasteiger partial charge in [0.15, 0.2) is 0 Å². The lowest BCUT2D eigenvalue weighted by atomic mass is 10.00. The minimum Gasteiger partial charge on any atom is -0.437 e. The van der Waals surface area contributed by atoms with Gasteiger partial charge < -0.3 is 4.42 Å².